The number of carbonyl (C=O) groups excluding carboxylic acids is 1. The van der Waals surface area contributed by atoms with Crippen LogP contribution in [-0.2, 0) is 4.79 Å². The number of nitrogens with zero attached hydrogens (tertiary/aromatic N) is 2. The topological polar surface area (TPSA) is 44.7 Å². The summed E-state index contributed by atoms with van der Waals surface area (Å²) in [5, 5.41) is 2.78. The summed E-state index contributed by atoms with van der Waals surface area (Å²) in [5.41, 5.74) is 6.96. The number of aliphatic imine (C=N–C) groups is 1. The highest BCUT2D eigenvalue weighted by atomic mass is 16.1. The van der Waals surface area contributed by atoms with Gasteiger partial charge in [0.2, 0.25) is 5.91 Å². The average molecular weight is 392 g/mol. The maximum absolute atomic E-state index is 11.2. The molecule has 2 aromatic rings. The highest BCUT2D eigenvalue weighted by Crippen LogP contribution is 2.45. The maximum atomic E-state index is 11.2. The fourth-order valence-electron chi connectivity index (χ4n) is 4.71. The fraction of sp³-hybridized carbons (Fsp3) is 0.440. The van der Waals surface area contributed by atoms with Crippen molar-refractivity contribution in [1.29, 1.82) is 0 Å². The van der Waals surface area contributed by atoms with E-state index in [1.54, 1.807) is 0 Å². The number of fused-ring (bicyclic) bond motifs is 1. The van der Waals surface area contributed by atoms with Crippen LogP contribution in [0.2, 0.25) is 0 Å². The van der Waals surface area contributed by atoms with Crippen molar-refractivity contribution in [1.82, 2.24) is 0 Å². The minimum absolute atomic E-state index is 0.0707. The van der Waals surface area contributed by atoms with Gasteiger partial charge in [-0.1, -0.05) is 6.92 Å². The number of hydrogen-bond donors (Lipinski definition) is 1. The zero-order valence-electron chi connectivity index (χ0n) is 18.7. The SMILES string of the molecule is CC(=O)Nc1ccc(N=Cc2cc3c(cc2C)N(C(C)C)C(C)(C)C[C@H]3C)cc1. The number of carbonyl (C=O) groups is 1. The van der Waals surface area contributed by atoms with E-state index in [0.717, 1.165) is 23.4 Å². The Morgan fingerprint density at radius 2 is 1.90 bits per heavy atom. The molecule has 1 aliphatic heterocycles. The molecule has 0 saturated heterocycles. The van der Waals surface area contributed by atoms with E-state index in [1.807, 2.05) is 30.5 Å². The van der Waals surface area contributed by atoms with Gasteiger partial charge in [-0.25, -0.2) is 0 Å². The van der Waals surface area contributed by atoms with E-state index in [2.05, 4.69) is 68.9 Å². The molecule has 1 atom stereocenters. The molecule has 4 nitrogen and oxygen atoms in total. The molecule has 0 unspecified atom stereocenters. The van der Waals surface area contributed by atoms with Gasteiger partial charge in [-0.2, -0.15) is 0 Å². The molecule has 154 valence electrons. The maximum Gasteiger partial charge on any atom is 0.221 e. The van der Waals surface area contributed by atoms with Crippen LogP contribution in [0.5, 0.6) is 0 Å². The lowest BCUT2D eigenvalue weighted by molar-refractivity contribution is -0.114. The van der Waals surface area contributed by atoms with E-state index in [9.17, 15) is 4.79 Å². The molecule has 0 radical (unpaired) electrons. The Morgan fingerprint density at radius 1 is 1.24 bits per heavy atom. The smallest absolute Gasteiger partial charge is 0.221 e. The molecule has 0 bridgehead atoms. The van der Waals surface area contributed by atoms with Gasteiger partial charge >= 0.3 is 0 Å². The minimum Gasteiger partial charge on any atom is -0.364 e. The third-order valence-corrected chi connectivity index (χ3v) is 5.72. The van der Waals surface area contributed by atoms with Gasteiger partial charge in [0, 0.05) is 36.1 Å². The summed E-state index contributed by atoms with van der Waals surface area (Å²) in [5.74, 6) is 0.443. The van der Waals surface area contributed by atoms with Crippen molar-refractivity contribution in [2.24, 2.45) is 4.99 Å². The number of anilines is 2. The lowest BCUT2D eigenvalue weighted by Gasteiger charge is -2.50. The molecule has 29 heavy (non-hydrogen) atoms. The highest BCUT2D eigenvalue weighted by Gasteiger charge is 2.37. The van der Waals surface area contributed by atoms with Gasteiger partial charge in [0.15, 0.2) is 0 Å². The van der Waals surface area contributed by atoms with Crippen LogP contribution in [0.15, 0.2) is 41.4 Å². The van der Waals surface area contributed by atoms with Crippen molar-refractivity contribution in [3.05, 3.63) is 53.1 Å². The van der Waals surface area contributed by atoms with E-state index in [-0.39, 0.29) is 11.4 Å². The van der Waals surface area contributed by atoms with E-state index < -0.39 is 0 Å². The number of hydrogen-bond acceptors (Lipinski definition) is 3. The van der Waals surface area contributed by atoms with E-state index >= 15 is 0 Å². The van der Waals surface area contributed by atoms with Gasteiger partial charge < -0.3 is 10.2 Å². The standard InChI is InChI=1S/C25H33N3O/c1-16(2)28-24-12-17(3)20(13-23(24)18(4)14-25(28,6)7)15-26-21-8-10-22(11-9-21)27-19(5)29/h8-13,15-16,18H,14H2,1-7H3,(H,27,29)/t18-/m1/s1. The lowest BCUT2D eigenvalue weighted by Crippen LogP contribution is -2.51. The normalized spacial score (nSPS) is 18.2. The molecule has 0 saturated carbocycles. The molecule has 0 spiro atoms. The number of rotatable bonds is 4. The van der Waals surface area contributed by atoms with Crippen molar-refractivity contribution in [3.8, 4) is 0 Å². The van der Waals surface area contributed by atoms with Crippen molar-refractivity contribution < 1.29 is 4.79 Å². The third kappa shape index (κ3) is 4.52. The summed E-state index contributed by atoms with van der Waals surface area (Å²) < 4.78 is 0. The van der Waals surface area contributed by atoms with Gasteiger partial charge in [0.1, 0.15) is 0 Å². The van der Waals surface area contributed by atoms with Gasteiger partial charge in [0.05, 0.1) is 5.69 Å². The van der Waals surface area contributed by atoms with Crippen LogP contribution >= 0.6 is 0 Å². The van der Waals surface area contributed by atoms with Crippen LogP contribution in [0.3, 0.4) is 0 Å². The second-order valence-corrected chi connectivity index (χ2v) is 9.14. The number of amides is 1. The molecule has 4 heteroatoms. The zero-order valence-corrected chi connectivity index (χ0v) is 18.7. The first-order valence-electron chi connectivity index (χ1n) is 10.4. The molecule has 2 aromatic carbocycles. The molecule has 1 aliphatic rings. The van der Waals surface area contributed by atoms with Crippen LogP contribution in [0.1, 0.15) is 70.6 Å². The van der Waals surface area contributed by atoms with Gasteiger partial charge in [-0.3, -0.25) is 9.79 Å². The first kappa shape index (κ1) is 21.1. The fourth-order valence-corrected chi connectivity index (χ4v) is 4.71. The monoisotopic (exact) mass is 391 g/mol. The Bertz CT molecular complexity index is 926. The molecule has 1 amide bonds. The second-order valence-electron chi connectivity index (χ2n) is 9.14. The van der Waals surface area contributed by atoms with Gasteiger partial charge in [-0.05, 0) is 100 Å². The molecule has 0 aromatic heterocycles. The average Bonchev–Trinajstić information content (AvgIpc) is 2.60. The third-order valence-electron chi connectivity index (χ3n) is 5.72. The largest absolute Gasteiger partial charge is 0.364 e. The van der Waals surface area contributed by atoms with E-state index in [4.69, 9.17) is 0 Å². The lowest BCUT2D eigenvalue weighted by atomic mass is 9.78. The summed E-state index contributed by atoms with van der Waals surface area (Å²) >= 11 is 0. The van der Waals surface area contributed by atoms with Gasteiger partial charge in [0.25, 0.3) is 0 Å². The van der Waals surface area contributed by atoms with Crippen LogP contribution in [0, 0.1) is 6.92 Å². The Labute approximate surface area is 175 Å². The Balaban J connectivity index is 1.91. The molecular formula is C25H33N3O. The predicted molar refractivity (Wildman–Crippen MR) is 124 cm³/mol. The van der Waals surface area contributed by atoms with Gasteiger partial charge in [-0.15, -0.1) is 0 Å². The summed E-state index contributed by atoms with van der Waals surface area (Å²) in [6, 6.07) is 12.7. The molecule has 0 fully saturated rings. The molecule has 3 rings (SSSR count). The number of nitrogens with one attached hydrogen (secondary N) is 1. The Kier molecular flexibility index (Phi) is 5.83. The van der Waals surface area contributed by atoms with Crippen molar-refractivity contribution >= 4 is 29.2 Å². The quantitative estimate of drug-likeness (QED) is 0.630. The van der Waals surface area contributed by atoms with Crippen molar-refractivity contribution in [2.75, 3.05) is 10.2 Å². The van der Waals surface area contributed by atoms with E-state index in [1.165, 1.54) is 23.7 Å². The van der Waals surface area contributed by atoms with Crippen molar-refractivity contribution in [2.45, 2.75) is 72.4 Å². The van der Waals surface area contributed by atoms with Crippen molar-refractivity contribution in [3.63, 3.8) is 0 Å². The number of benzene rings is 2. The van der Waals surface area contributed by atoms with E-state index in [0.29, 0.717) is 12.0 Å². The minimum atomic E-state index is -0.0707. The summed E-state index contributed by atoms with van der Waals surface area (Å²) in [4.78, 5) is 18.4. The first-order valence-corrected chi connectivity index (χ1v) is 10.4. The molecular weight excluding hydrogens is 358 g/mol. The highest BCUT2D eigenvalue weighted by molar-refractivity contribution is 5.89. The second kappa shape index (κ2) is 8.02. The first-order chi connectivity index (χ1) is 13.6. The summed E-state index contributed by atoms with van der Waals surface area (Å²) in [6.07, 6.45) is 3.09. The summed E-state index contributed by atoms with van der Waals surface area (Å²) in [7, 11) is 0. The number of aryl methyl sites for hydroxylation is 1. The molecule has 1 heterocycles. The predicted octanol–water partition coefficient (Wildman–Crippen LogP) is 6.20. The summed E-state index contributed by atoms with van der Waals surface area (Å²) in [6.45, 7) is 15.2. The molecule has 1 N–H and O–H groups in total. The van der Waals surface area contributed by atoms with Crippen LogP contribution in [0.25, 0.3) is 0 Å². The van der Waals surface area contributed by atoms with Crippen LogP contribution in [-0.4, -0.2) is 23.7 Å². The Morgan fingerprint density at radius 3 is 2.48 bits per heavy atom. The zero-order chi connectivity index (χ0) is 21.3. The van der Waals surface area contributed by atoms with Crippen LogP contribution < -0.4 is 10.2 Å². The molecule has 0 aliphatic carbocycles. The Hall–Kier alpha value is -2.62. The van der Waals surface area contributed by atoms with Crippen LogP contribution in [0.4, 0.5) is 17.1 Å².